The highest BCUT2D eigenvalue weighted by Gasteiger charge is 2.33. The van der Waals surface area contributed by atoms with E-state index in [-0.39, 0.29) is 19.0 Å². The molecule has 116 valence electrons. The molecular formula is C15H19F3N2O. The van der Waals surface area contributed by atoms with Gasteiger partial charge in [-0.15, -0.1) is 0 Å². The van der Waals surface area contributed by atoms with Gasteiger partial charge in [0.2, 0.25) is 5.91 Å². The topological polar surface area (TPSA) is 32.3 Å². The summed E-state index contributed by atoms with van der Waals surface area (Å²) in [6, 6.07) is 8.76. The van der Waals surface area contributed by atoms with Crippen molar-refractivity contribution >= 4 is 5.91 Å². The summed E-state index contributed by atoms with van der Waals surface area (Å²) in [4.78, 5) is 13.1. The molecule has 1 amide bonds. The average Bonchev–Trinajstić information content (AvgIpc) is 2.90. The molecule has 1 atom stereocenters. The van der Waals surface area contributed by atoms with Gasteiger partial charge in [-0.3, -0.25) is 4.79 Å². The number of carbonyl (C=O) groups is 1. The molecule has 0 aromatic heterocycles. The molecule has 21 heavy (non-hydrogen) atoms. The number of rotatable bonds is 5. The molecule has 1 fully saturated rings. The van der Waals surface area contributed by atoms with Gasteiger partial charge >= 0.3 is 6.18 Å². The molecule has 1 aromatic rings. The Bertz CT molecular complexity index is 456. The van der Waals surface area contributed by atoms with Crippen LogP contribution in [-0.2, 0) is 11.3 Å². The number of halogens is 3. The van der Waals surface area contributed by atoms with E-state index in [9.17, 15) is 18.0 Å². The molecule has 1 saturated heterocycles. The Balaban J connectivity index is 2.01. The predicted molar refractivity (Wildman–Crippen MR) is 73.6 cm³/mol. The minimum Gasteiger partial charge on any atom is -0.329 e. The maximum Gasteiger partial charge on any atom is 0.406 e. The lowest BCUT2D eigenvalue weighted by Crippen LogP contribution is -2.41. The Labute approximate surface area is 122 Å². The van der Waals surface area contributed by atoms with E-state index in [0.717, 1.165) is 24.3 Å². The first-order chi connectivity index (χ1) is 9.94. The Morgan fingerprint density at radius 2 is 2.00 bits per heavy atom. The van der Waals surface area contributed by atoms with Gasteiger partial charge in [0, 0.05) is 19.0 Å². The van der Waals surface area contributed by atoms with Gasteiger partial charge in [-0.25, -0.2) is 0 Å². The smallest absolute Gasteiger partial charge is 0.329 e. The number of hydrogen-bond acceptors (Lipinski definition) is 2. The first kappa shape index (κ1) is 15.8. The van der Waals surface area contributed by atoms with Gasteiger partial charge in [0.1, 0.15) is 6.54 Å². The number of alkyl halides is 3. The number of hydrogen-bond donors (Lipinski definition) is 1. The first-order valence-corrected chi connectivity index (χ1v) is 7.06. The number of nitrogens with one attached hydrogen (secondary N) is 1. The first-order valence-electron chi connectivity index (χ1n) is 7.06. The summed E-state index contributed by atoms with van der Waals surface area (Å²) in [5.41, 5.74) is 0.703. The van der Waals surface area contributed by atoms with Crippen molar-refractivity contribution in [2.45, 2.75) is 38.0 Å². The van der Waals surface area contributed by atoms with Crippen LogP contribution in [0.1, 0.15) is 24.8 Å². The SMILES string of the molecule is O=C(CC1CCCN1)N(Cc1ccccc1)CC(F)(F)F. The maximum atomic E-state index is 12.7. The largest absolute Gasteiger partial charge is 0.406 e. The molecule has 0 saturated carbocycles. The zero-order chi connectivity index (χ0) is 15.3. The summed E-state index contributed by atoms with van der Waals surface area (Å²) in [5, 5.41) is 3.14. The predicted octanol–water partition coefficient (Wildman–Crippen LogP) is 2.72. The molecule has 1 aromatic carbocycles. The molecule has 0 bridgehead atoms. The summed E-state index contributed by atoms with van der Waals surface area (Å²) in [6.45, 7) is -0.380. The molecule has 2 rings (SSSR count). The van der Waals surface area contributed by atoms with Gasteiger partial charge in [-0.05, 0) is 24.9 Å². The standard InChI is InChI=1S/C15H19F3N2O/c16-15(17,18)11-20(10-12-5-2-1-3-6-12)14(21)9-13-7-4-8-19-13/h1-3,5-6,13,19H,4,7-11H2. The monoisotopic (exact) mass is 300 g/mol. The second-order valence-corrected chi connectivity index (χ2v) is 5.35. The maximum absolute atomic E-state index is 12.7. The number of benzene rings is 1. The minimum atomic E-state index is -4.38. The highest BCUT2D eigenvalue weighted by molar-refractivity contribution is 5.77. The Hall–Kier alpha value is -1.56. The normalized spacial score (nSPS) is 18.7. The third-order valence-corrected chi connectivity index (χ3v) is 3.52. The molecular weight excluding hydrogens is 281 g/mol. The van der Waals surface area contributed by atoms with E-state index in [2.05, 4.69) is 5.32 Å². The van der Waals surface area contributed by atoms with E-state index in [1.807, 2.05) is 0 Å². The van der Waals surface area contributed by atoms with Crippen molar-refractivity contribution in [2.24, 2.45) is 0 Å². The molecule has 0 aliphatic carbocycles. The Kier molecular flexibility index (Phi) is 5.22. The van der Waals surface area contributed by atoms with Crippen LogP contribution in [0.3, 0.4) is 0 Å². The van der Waals surface area contributed by atoms with Crippen molar-refractivity contribution < 1.29 is 18.0 Å². The zero-order valence-electron chi connectivity index (χ0n) is 11.7. The third kappa shape index (κ3) is 5.38. The fourth-order valence-electron chi connectivity index (χ4n) is 2.52. The lowest BCUT2D eigenvalue weighted by molar-refractivity contribution is -0.162. The van der Waals surface area contributed by atoms with Gasteiger partial charge in [-0.1, -0.05) is 30.3 Å². The summed E-state index contributed by atoms with van der Waals surface area (Å²) in [5.74, 6) is -0.449. The van der Waals surface area contributed by atoms with Crippen molar-refractivity contribution in [3.8, 4) is 0 Å². The van der Waals surface area contributed by atoms with E-state index in [1.54, 1.807) is 30.3 Å². The van der Waals surface area contributed by atoms with E-state index >= 15 is 0 Å². The van der Waals surface area contributed by atoms with Crippen LogP contribution in [0.2, 0.25) is 0 Å². The summed E-state index contributed by atoms with van der Waals surface area (Å²) < 4.78 is 38.0. The number of nitrogens with zero attached hydrogens (tertiary/aromatic N) is 1. The zero-order valence-corrected chi connectivity index (χ0v) is 11.7. The fraction of sp³-hybridized carbons (Fsp3) is 0.533. The third-order valence-electron chi connectivity index (χ3n) is 3.52. The van der Waals surface area contributed by atoms with Crippen molar-refractivity contribution in [1.29, 1.82) is 0 Å². The van der Waals surface area contributed by atoms with Crippen LogP contribution in [0.15, 0.2) is 30.3 Å². The van der Waals surface area contributed by atoms with Crippen LogP contribution >= 0.6 is 0 Å². The van der Waals surface area contributed by atoms with E-state index < -0.39 is 18.6 Å². The van der Waals surface area contributed by atoms with Gasteiger partial charge in [0.15, 0.2) is 0 Å². The van der Waals surface area contributed by atoms with Crippen LogP contribution < -0.4 is 5.32 Å². The molecule has 0 radical (unpaired) electrons. The van der Waals surface area contributed by atoms with Crippen molar-refractivity contribution in [3.63, 3.8) is 0 Å². The molecule has 1 unspecified atom stereocenters. The highest BCUT2D eigenvalue weighted by Crippen LogP contribution is 2.20. The van der Waals surface area contributed by atoms with Gasteiger partial charge in [0.25, 0.3) is 0 Å². The van der Waals surface area contributed by atoms with E-state index in [4.69, 9.17) is 0 Å². The van der Waals surface area contributed by atoms with E-state index in [0.29, 0.717) is 5.56 Å². The summed E-state index contributed by atoms with van der Waals surface area (Å²) >= 11 is 0. The minimum absolute atomic E-state index is 0.00371. The van der Waals surface area contributed by atoms with E-state index in [1.165, 1.54) is 0 Å². The molecule has 1 N–H and O–H groups in total. The molecule has 1 aliphatic rings. The Morgan fingerprint density at radius 1 is 1.29 bits per heavy atom. The quantitative estimate of drug-likeness (QED) is 0.907. The van der Waals surface area contributed by atoms with Gasteiger partial charge in [-0.2, -0.15) is 13.2 Å². The average molecular weight is 300 g/mol. The van der Waals surface area contributed by atoms with Crippen LogP contribution in [0, 0.1) is 0 Å². The molecule has 1 heterocycles. The van der Waals surface area contributed by atoms with Crippen molar-refractivity contribution in [3.05, 3.63) is 35.9 Å². The molecule has 3 nitrogen and oxygen atoms in total. The lowest BCUT2D eigenvalue weighted by atomic mass is 10.1. The van der Waals surface area contributed by atoms with Gasteiger partial charge < -0.3 is 10.2 Å². The summed E-state index contributed by atoms with van der Waals surface area (Å²) in [7, 11) is 0. The second kappa shape index (κ2) is 6.93. The molecule has 0 spiro atoms. The van der Waals surface area contributed by atoms with Crippen LogP contribution in [0.5, 0.6) is 0 Å². The molecule has 6 heteroatoms. The summed E-state index contributed by atoms with van der Waals surface area (Å²) in [6.07, 6.45) is -2.44. The molecule has 1 aliphatic heterocycles. The fourth-order valence-corrected chi connectivity index (χ4v) is 2.52. The van der Waals surface area contributed by atoms with Crippen molar-refractivity contribution in [2.75, 3.05) is 13.1 Å². The van der Waals surface area contributed by atoms with Crippen LogP contribution in [0.25, 0.3) is 0 Å². The lowest BCUT2D eigenvalue weighted by Gasteiger charge is -2.25. The Morgan fingerprint density at radius 3 is 2.57 bits per heavy atom. The second-order valence-electron chi connectivity index (χ2n) is 5.35. The number of amides is 1. The number of carbonyl (C=O) groups excluding carboxylic acids is 1. The van der Waals surface area contributed by atoms with Gasteiger partial charge in [0.05, 0.1) is 0 Å². The van der Waals surface area contributed by atoms with Crippen LogP contribution in [-0.4, -0.2) is 36.1 Å². The highest BCUT2D eigenvalue weighted by atomic mass is 19.4. The van der Waals surface area contributed by atoms with Crippen molar-refractivity contribution in [1.82, 2.24) is 10.2 Å². The van der Waals surface area contributed by atoms with Crippen LogP contribution in [0.4, 0.5) is 13.2 Å².